The van der Waals surface area contributed by atoms with E-state index in [4.69, 9.17) is 0 Å². The number of amides is 2. The van der Waals surface area contributed by atoms with E-state index < -0.39 is 10.0 Å². The standard InChI is InChI=1S/C26H29N3O4S/c1-18-7-10-22(11-8-18)26(31)29-23-6-4-5-21(16-23)17-27-25(30)13-14-28-34(32,33)24-12-9-19(2)20(3)15-24/h4-12,15-16,28H,13-14,17H2,1-3H3,(H,27,30)(H,29,31). The summed E-state index contributed by atoms with van der Waals surface area (Å²) in [5.74, 6) is -0.492. The first-order valence-electron chi connectivity index (χ1n) is 10.9. The average Bonchev–Trinajstić information content (AvgIpc) is 2.80. The molecular weight excluding hydrogens is 450 g/mol. The van der Waals surface area contributed by atoms with E-state index in [2.05, 4.69) is 15.4 Å². The number of hydrogen-bond acceptors (Lipinski definition) is 4. The summed E-state index contributed by atoms with van der Waals surface area (Å²) in [5.41, 5.74) is 4.97. The number of carbonyl (C=O) groups excluding carboxylic acids is 2. The molecule has 0 aromatic heterocycles. The first-order valence-corrected chi connectivity index (χ1v) is 12.4. The molecule has 0 bridgehead atoms. The molecule has 3 aromatic rings. The van der Waals surface area contributed by atoms with Crippen molar-refractivity contribution < 1.29 is 18.0 Å². The second-order valence-electron chi connectivity index (χ2n) is 8.19. The summed E-state index contributed by atoms with van der Waals surface area (Å²) in [4.78, 5) is 24.8. The maximum absolute atomic E-state index is 12.4. The molecule has 3 rings (SSSR count). The highest BCUT2D eigenvalue weighted by atomic mass is 32.2. The smallest absolute Gasteiger partial charge is 0.255 e. The van der Waals surface area contributed by atoms with Gasteiger partial charge in [-0.1, -0.05) is 35.9 Å². The Balaban J connectivity index is 1.48. The van der Waals surface area contributed by atoms with E-state index in [1.165, 1.54) is 0 Å². The van der Waals surface area contributed by atoms with Crippen molar-refractivity contribution in [2.45, 2.75) is 38.6 Å². The van der Waals surface area contributed by atoms with Crippen molar-refractivity contribution in [2.24, 2.45) is 0 Å². The maximum atomic E-state index is 12.4. The van der Waals surface area contributed by atoms with Gasteiger partial charge in [-0.3, -0.25) is 9.59 Å². The third-order valence-electron chi connectivity index (χ3n) is 5.42. The number of carbonyl (C=O) groups is 2. The van der Waals surface area contributed by atoms with E-state index in [0.29, 0.717) is 11.3 Å². The summed E-state index contributed by atoms with van der Waals surface area (Å²) in [6.45, 7) is 5.98. The molecule has 0 aliphatic carbocycles. The van der Waals surface area contributed by atoms with Gasteiger partial charge in [0.05, 0.1) is 4.90 Å². The highest BCUT2D eigenvalue weighted by molar-refractivity contribution is 7.89. The molecule has 8 heteroatoms. The van der Waals surface area contributed by atoms with Gasteiger partial charge in [0.1, 0.15) is 0 Å². The molecule has 0 spiro atoms. The van der Waals surface area contributed by atoms with Gasteiger partial charge in [-0.25, -0.2) is 13.1 Å². The Hall–Kier alpha value is -3.49. The van der Waals surface area contributed by atoms with Crippen LogP contribution in [0.25, 0.3) is 0 Å². The molecule has 0 unspecified atom stereocenters. The highest BCUT2D eigenvalue weighted by Gasteiger charge is 2.15. The highest BCUT2D eigenvalue weighted by Crippen LogP contribution is 2.15. The Kier molecular flexibility index (Phi) is 8.20. The average molecular weight is 480 g/mol. The van der Waals surface area contributed by atoms with Gasteiger partial charge in [-0.05, 0) is 73.9 Å². The molecule has 3 aromatic carbocycles. The van der Waals surface area contributed by atoms with Gasteiger partial charge < -0.3 is 10.6 Å². The number of hydrogen-bond donors (Lipinski definition) is 3. The van der Waals surface area contributed by atoms with Crippen LogP contribution < -0.4 is 15.4 Å². The number of anilines is 1. The van der Waals surface area contributed by atoms with Gasteiger partial charge >= 0.3 is 0 Å². The summed E-state index contributed by atoms with van der Waals surface area (Å²) in [5, 5.41) is 5.62. The van der Waals surface area contributed by atoms with Crippen LogP contribution in [0.3, 0.4) is 0 Å². The Bertz CT molecular complexity index is 1290. The van der Waals surface area contributed by atoms with Gasteiger partial charge in [0.2, 0.25) is 15.9 Å². The minimum Gasteiger partial charge on any atom is -0.352 e. The van der Waals surface area contributed by atoms with Crippen LogP contribution in [-0.4, -0.2) is 26.8 Å². The predicted molar refractivity (Wildman–Crippen MR) is 133 cm³/mol. The lowest BCUT2D eigenvalue weighted by molar-refractivity contribution is -0.121. The van der Waals surface area contributed by atoms with Crippen LogP contribution in [0.2, 0.25) is 0 Å². The normalized spacial score (nSPS) is 11.1. The molecular formula is C26H29N3O4S. The number of nitrogens with one attached hydrogen (secondary N) is 3. The van der Waals surface area contributed by atoms with Crippen LogP contribution in [0.5, 0.6) is 0 Å². The SMILES string of the molecule is Cc1ccc(C(=O)Nc2cccc(CNC(=O)CCNS(=O)(=O)c3ccc(C)c(C)c3)c2)cc1. The summed E-state index contributed by atoms with van der Waals surface area (Å²) in [6.07, 6.45) is 0.00786. The second kappa shape index (κ2) is 11.1. The first kappa shape index (κ1) is 25.1. The van der Waals surface area contributed by atoms with Crippen LogP contribution in [0.1, 0.15) is 39.0 Å². The number of rotatable bonds is 9. The van der Waals surface area contributed by atoms with Crippen molar-refractivity contribution >= 4 is 27.5 Å². The molecule has 0 radical (unpaired) electrons. The van der Waals surface area contributed by atoms with E-state index in [9.17, 15) is 18.0 Å². The fraction of sp³-hybridized carbons (Fsp3) is 0.231. The molecule has 0 aliphatic rings. The third-order valence-corrected chi connectivity index (χ3v) is 6.88. The van der Waals surface area contributed by atoms with E-state index in [-0.39, 0.29) is 36.2 Å². The van der Waals surface area contributed by atoms with Crippen LogP contribution in [0.15, 0.2) is 71.6 Å². The molecule has 0 saturated heterocycles. The Morgan fingerprint density at radius 3 is 2.29 bits per heavy atom. The van der Waals surface area contributed by atoms with Crippen molar-refractivity contribution in [2.75, 3.05) is 11.9 Å². The largest absolute Gasteiger partial charge is 0.352 e. The van der Waals surface area contributed by atoms with Crippen LogP contribution in [0, 0.1) is 20.8 Å². The summed E-state index contributed by atoms with van der Waals surface area (Å²) in [7, 11) is -3.68. The number of benzene rings is 3. The minimum absolute atomic E-state index is 0.00621. The summed E-state index contributed by atoms with van der Waals surface area (Å²) in [6, 6.07) is 19.4. The molecule has 178 valence electrons. The number of aryl methyl sites for hydroxylation is 3. The zero-order valence-electron chi connectivity index (χ0n) is 19.5. The molecule has 0 fully saturated rings. The zero-order valence-corrected chi connectivity index (χ0v) is 20.3. The molecule has 0 saturated carbocycles. The third kappa shape index (κ3) is 7.00. The van der Waals surface area contributed by atoms with Gasteiger partial charge in [-0.2, -0.15) is 0 Å². The fourth-order valence-electron chi connectivity index (χ4n) is 3.22. The van der Waals surface area contributed by atoms with E-state index >= 15 is 0 Å². The van der Waals surface area contributed by atoms with Gasteiger partial charge in [0, 0.05) is 30.8 Å². The van der Waals surface area contributed by atoms with E-state index in [1.54, 1.807) is 48.5 Å². The topological polar surface area (TPSA) is 104 Å². The van der Waals surface area contributed by atoms with Crippen molar-refractivity contribution in [3.8, 4) is 0 Å². The Labute approximate surface area is 200 Å². The molecule has 34 heavy (non-hydrogen) atoms. The number of sulfonamides is 1. The fourth-order valence-corrected chi connectivity index (χ4v) is 4.34. The van der Waals surface area contributed by atoms with Gasteiger partial charge in [-0.15, -0.1) is 0 Å². The summed E-state index contributed by atoms with van der Waals surface area (Å²) < 4.78 is 27.3. The lowest BCUT2D eigenvalue weighted by Crippen LogP contribution is -2.30. The van der Waals surface area contributed by atoms with Crippen molar-refractivity contribution in [3.63, 3.8) is 0 Å². The van der Waals surface area contributed by atoms with Gasteiger partial charge in [0.15, 0.2) is 0 Å². The van der Waals surface area contributed by atoms with Crippen LogP contribution >= 0.6 is 0 Å². The van der Waals surface area contributed by atoms with E-state index in [0.717, 1.165) is 22.3 Å². The molecule has 7 nitrogen and oxygen atoms in total. The minimum atomic E-state index is -3.68. The lowest BCUT2D eigenvalue weighted by Gasteiger charge is -2.10. The van der Waals surface area contributed by atoms with E-state index in [1.807, 2.05) is 39.0 Å². The van der Waals surface area contributed by atoms with Crippen LogP contribution in [-0.2, 0) is 21.4 Å². The molecule has 0 heterocycles. The predicted octanol–water partition coefficient (Wildman–Crippen LogP) is 3.85. The second-order valence-corrected chi connectivity index (χ2v) is 9.96. The van der Waals surface area contributed by atoms with Crippen molar-refractivity contribution in [1.29, 1.82) is 0 Å². The monoisotopic (exact) mass is 479 g/mol. The molecule has 3 N–H and O–H groups in total. The molecule has 0 atom stereocenters. The Morgan fingerprint density at radius 2 is 1.59 bits per heavy atom. The molecule has 0 aliphatic heterocycles. The van der Waals surface area contributed by atoms with Crippen molar-refractivity contribution in [3.05, 3.63) is 94.5 Å². The first-order chi connectivity index (χ1) is 16.1. The maximum Gasteiger partial charge on any atom is 0.255 e. The Morgan fingerprint density at radius 1 is 0.853 bits per heavy atom. The zero-order chi connectivity index (χ0) is 24.7. The quantitative estimate of drug-likeness (QED) is 0.434. The molecule has 2 amide bonds. The van der Waals surface area contributed by atoms with Gasteiger partial charge in [0.25, 0.3) is 5.91 Å². The van der Waals surface area contributed by atoms with Crippen LogP contribution in [0.4, 0.5) is 5.69 Å². The lowest BCUT2D eigenvalue weighted by atomic mass is 10.1. The van der Waals surface area contributed by atoms with Crippen molar-refractivity contribution in [1.82, 2.24) is 10.0 Å². The summed E-state index contributed by atoms with van der Waals surface area (Å²) >= 11 is 0.